The average Bonchev–Trinajstić information content (AvgIpc) is 3.37. The summed E-state index contributed by atoms with van der Waals surface area (Å²) < 4.78 is 6.82. The van der Waals surface area contributed by atoms with Crippen LogP contribution in [-0.4, -0.2) is 35.9 Å². The van der Waals surface area contributed by atoms with Crippen molar-refractivity contribution in [3.63, 3.8) is 0 Å². The van der Waals surface area contributed by atoms with Crippen molar-refractivity contribution < 1.29 is 9.53 Å². The molecule has 1 saturated heterocycles. The summed E-state index contributed by atoms with van der Waals surface area (Å²) >= 11 is 9.46. The van der Waals surface area contributed by atoms with Crippen molar-refractivity contribution in [1.29, 1.82) is 0 Å². The molecule has 4 rings (SSSR count). The van der Waals surface area contributed by atoms with Crippen LogP contribution in [0, 0.1) is 13.8 Å². The van der Waals surface area contributed by atoms with E-state index >= 15 is 0 Å². The Morgan fingerprint density at radius 1 is 1.30 bits per heavy atom. The van der Waals surface area contributed by atoms with Crippen LogP contribution < -0.4 is 4.90 Å². The fourth-order valence-corrected chi connectivity index (χ4v) is 5.85. The smallest absolute Gasteiger partial charge is 0.229 e. The SMILES string of the molecule is Cc1ccc(SCCC(=O)N(CC2CCCO2)c2nc3c(C)cc(Cl)cc3s2)cc1. The van der Waals surface area contributed by atoms with Gasteiger partial charge in [-0.25, -0.2) is 4.98 Å². The van der Waals surface area contributed by atoms with E-state index in [4.69, 9.17) is 21.3 Å². The molecule has 0 bridgehead atoms. The number of fused-ring (bicyclic) bond motifs is 1. The summed E-state index contributed by atoms with van der Waals surface area (Å²) in [6, 6.07) is 12.2. The second-order valence-electron chi connectivity index (χ2n) is 7.62. The summed E-state index contributed by atoms with van der Waals surface area (Å²) in [5, 5.41) is 1.43. The highest BCUT2D eigenvalue weighted by molar-refractivity contribution is 7.99. The van der Waals surface area contributed by atoms with E-state index in [1.54, 1.807) is 11.8 Å². The number of halogens is 1. The Labute approximate surface area is 190 Å². The molecule has 0 N–H and O–H groups in total. The minimum Gasteiger partial charge on any atom is -0.376 e. The third kappa shape index (κ3) is 5.17. The Balaban J connectivity index is 1.50. The molecule has 7 heteroatoms. The minimum atomic E-state index is 0.0791. The summed E-state index contributed by atoms with van der Waals surface area (Å²) in [5.74, 6) is 0.826. The molecule has 3 aromatic rings. The van der Waals surface area contributed by atoms with Crippen LogP contribution in [0.4, 0.5) is 5.13 Å². The maximum atomic E-state index is 13.2. The van der Waals surface area contributed by atoms with E-state index in [1.165, 1.54) is 21.8 Å². The number of nitrogens with zero attached hydrogens (tertiary/aromatic N) is 2. The van der Waals surface area contributed by atoms with Crippen LogP contribution in [0.25, 0.3) is 10.2 Å². The third-order valence-electron chi connectivity index (χ3n) is 5.19. The van der Waals surface area contributed by atoms with Crippen molar-refractivity contribution in [3.05, 3.63) is 52.5 Å². The predicted molar refractivity (Wildman–Crippen MR) is 127 cm³/mol. The molecular weight excluding hydrogens is 436 g/mol. The number of hydrogen-bond donors (Lipinski definition) is 0. The molecule has 2 heterocycles. The van der Waals surface area contributed by atoms with Gasteiger partial charge >= 0.3 is 0 Å². The van der Waals surface area contributed by atoms with Gasteiger partial charge in [-0.15, -0.1) is 11.8 Å². The van der Waals surface area contributed by atoms with Crippen LogP contribution in [-0.2, 0) is 9.53 Å². The van der Waals surface area contributed by atoms with Crippen molar-refractivity contribution in [2.75, 3.05) is 23.8 Å². The second kappa shape index (κ2) is 9.69. The van der Waals surface area contributed by atoms with Gasteiger partial charge in [0.05, 0.1) is 22.9 Å². The monoisotopic (exact) mass is 460 g/mol. The fraction of sp³-hybridized carbons (Fsp3) is 0.391. The zero-order chi connectivity index (χ0) is 21.1. The second-order valence-corrected chi connectivity index (χ2v) is 10.2. The van der Waals surface area contributed by atoms with E-state index in [2.05, 4.69) is 31.2 Å². The largest absolute Gasteiger partial charge is 0.376 e. The highest BCUT2D eigenvalue weighted by atomic mass is 35.5. The third-order valence-corrected chi connectivity index (χ3v) is 7.44. The lowest BCUT2D eigenvalue weighted by Crippen LogP contribution is -2.37. The van der Waals surface area contributed by atoms with Crippen LogP contribution in [0.2, 0.25) is 5.02 Å². The molecule has 0 radical (unpaired) electrons. The number of carbonyl (C=O) groups excluding carboxylic acids is 1. The lowest BCUT2D eigenvalue weighted by atomic mass is 10.2. The van der Waals surface area contributed by atoms with Crippen molar-refractivity contribution in [2.45, 2.75) is 44.1 Å². The highest BCUT2D eigenvalue weighted by Crippen LogP contribution is 2.34. The number of benzene rings is 2. The maximum absolute atomic E-state index is 13.2. The van der Waals surface area contributed by atoms with E-state index in [9.17, 15) is 4.79 Å². The van der Waals surface area contributed by atoms with E-state index in [-0.39, 0.29) is 12.0 Å². The minimum absolute atomic E-state index is 0.0791. The average molecular weight is 461 g/mol. The van der Waals surface area contributed by atoms with Gasteiger partial charge in [-0.1, -0.05) is 40.6 Å². The van der Waals surface area contributed by atoms with Gasteiger partial charge in [0.25, 0.3) is 0 Å². The number of thiazole rings is 1. The number of ether oxygens (including phenoxy) is 1. The van der Waals surface area contributed by atoms with Gasteiger partial charge in [-0.2, -0.15) is 0 Å². The summed E-state index contributed by atoms with van der Waals surface area (Å²) in [6.45, 7) is 5.40. The van der Waals surface area contributed by atoms with Gasteiger partial charge in [-0.3, -0.25) is 9.69 Å². The number of aryl methyl sites for hydroxylation is 2. The predicted octanol–water partition coefficient (Wildman–Crippen LogP) is 6.26. The summed E-state index contributed by atoms with van der Waals surface area (Å²) in [6.07, 6.45) is 2.57. The van der Waals surface area contributed by atoms with Gasteiger partial charge in [-0.05, 0) is 56.5 Å². The molecule has 1 aliphatic rings. The standard InChI is InChI=1S/C23H25ClN2O2S2/c1-15-5-7-19(8-6-15)29-11-9-21(27)26(14-18-4-3-10-28-18)23-25-22-16(2)12-17(24)13-20(22)30-23/h5-8,12-13,18H,3-4,9-11,14H2,1-2H3. The topological polar surface area (TPSA) is 42.4 Å². The molecule has 1 aromatic heterocycles. The van der Waals surface area contributed by atoms with Crippen LogP contribution in [0.5, 0.6) is 0 Å². The van der Waals surface area contributed by atoms with Crippen molar-refractivity contribution >= 4 is 56.0 Å². The molecule has 2 aromatic carbocycles. The number of hydrogen-bond acceptors (Lipinski definition) is 5. The van der Waals surface area contributed by atoms with E-state index < -0.39 is 0 Å². The first kappa shape index (κ1) is 21.6. The van der Waals surface area contributed by atoms with Gasteiger partial charge in [0.2, 0.25) is 5.91 Å². The first-order valence-corrected chi connectivity index (χ1v) is 12.4. The van der Waals surface area contributed by atoms with Crippen LogP contribution >= 0.6 is 34.7 Å². The highest BCUT2D eigenvalue weighted by Gasteiger charge is 2.26. The normalized spacial score (nSPS) is 16.3. The van der Waals surface area contributed by atoms with Gasteiger partial charge in [0, 0.05) is 28.7 Å². The molecule has 0 aliphatic carbocycles. The summed E-state index contributed by atoms with van der Waals surface area (Å²) in [7, 11) is 0. The molecule has 1 fully saturated rings. The molecule has 1 amide bonds. The quantitative estimate of drug-likeness (QED) is 0.390. The Morgan fingerprint density at radius 3 is 2.83 bits per heavy atom. The summed E-state index contributed by atoms with van der Waals surface area (Å²) in [4.78, 5) is 21.0. The lowest BCUT2D eigenvalue weighted by molar-refractivity contribution is -0.118. The van der Waals surface area contributed by atoms with Crippen molar-refractivity contribution in [1.82, 2.24) is 4.98 Å². The molecular formula is C23H25ClN2O2S2. The van der Waals surface area contributed by atoms with Gasteiger partial charge < -0.3 is 4.74 Å². The number of thioether (sulfide) groups is 1. The Kier molecular flexibility index (Phi) is 6.98. The molecule has 0 saturated carbocycles. The molecule has 4 nitrogen and oxygen atoms in total. The van der Waals surface area contributed by atoms with Gasteiger partial charge in [0.15, 0.2) is 5.13 Å². The number of rotatable bonds is 7. The van der Waals surface area contributed by atoms with E-state index in [0.717, 1.165) is 46.1 Å². The molecule has 158 valence electrons. The number of carbonyl (C=O) groups is 1. The molecule has 0 spiro atoms. The Morgan fingerprint density at radius 2 is 2.10 bits per heavy atom. The lowest BCUT2D eigenvalue weighted by Gasteiger charge is -2.23. The molecule has 1 atom stereocenters. The van der Waals surface area contributed by atoms with Crippen LogP contribution in [0.1, 0.15) is 30.4 Å². The zero-order valence-corrected chi connectivity index (χ0v) is 19.6. The Bertz CT molecular complexity index is 1030. The van der Waals surface area contributed by atoms with Crippen molar-refractivity contribution in [2.24, 2.45) is 0 Å². The molecule has 30 heavy (non-hydrogen) atoms. The first-order valence-electron chi connectivity index (χ1n) is 10.2. The zero-order valence-electron chi connectivity index (χ0n) is 17.2. The molecule has 1 aliphatic heterocycles. The first-order chi connectivity index (χ1) is 14.5. The number of anilines is 1. The van der Waals surface area contributed by atoms with Crippen molar-refractivity contribution in [3.8, 4) is 0 Å². The van der Waals surface area contributed by atoms with E-state index in [0.29, 0.717) is 18.0 Å². The van der Waals surface area contributed by atoms with E-state index in [1.807, 2.05) is 24.0 Å². The summed E-state index contributed by atoms with van der Waals surface area (Å²) in [5.41, 5.74) is 3.18. The number of aromatic nitrogens is 1. The van der Waals surface area contributed by atoms with Gasteiger partial charge in [0.1, 0.15) is 0 Å². The molecule has 1 unspecified atom stereocenters. The van der Waals surface area contributed by atoms with Crippen LogP contribution in [0.15, 0.2) is 41.3 Å². The fourth-order valence-electron chi connectivity index (χ4n) is 3.56. The van der Waals surface area contributed by atoms with Crippen LogP contribution in [0.3, 0.4) is 0 Å². The number of amides is 1. The maximum Gasteiger partial charge on any atom is 0.229 e. The Hall–Kier alpha value is -1.60.